The monoisotopic (exact) mass is 194 g/mol. The zero-order valence-corrected chi connectivity index (χ0v) is 7.94. The molecule has 1 heterocycles. The third-order valence-electron chi connectivity index (χ3n) is 1.77. The van der Waals surface area contributed by atoms with Gasteiger partial charge in [-0.15, -0.1) is 0 Å². The number of rotatable bonds is 5. The number of nitrogens with one attached hydrogen (secondary N) is 1. The van der Waals surface area contributed by atoms with E-state index in [4.69, 9.17) is 5.11 Å². The molecule has 4 heteroatoms. The van der Waals surface area contributed by atoms with Gasteiger partial charge in [-0.05, 0) is 18.1 Å². The van der Waals surface area contributed by atoms with Crippen molar-refractivity contribution in [2.45, 2.75) is 19.4 Å². The molecule has 0 aliphatic heterocycles. The molecule has 2 N–H and O–H groups in total. The second-order valence-corrected chi connectivity index (χ2v) is 2.97. The number of aliphatic hydroxyl groups excluding tert-OH is 1. The van der Waals surface area contributed by atoms with Crippen molar-refractivity contribution in [1.29, 1.82) is 0 Å². The standard InChI is InChI=1S/C10H14N2O2/c13-6-2-4-10(14)12-8-9-3-1-5-11-7-9/h1,3,5,7,13H,2,4,6,8H2,(H,12,14). The summed E-state index contributed by atoms with van der Waals surface area (Å²) < 4.78 is 0. The molecule has 0 fully saturated rings. The van der Waals surface area contributed by atoms with Crippen LogP contribution in [-0.2, 0) is 11.3 Å². The van der Waals surface area contributed by atoms with Crippen LogP contribution in [0.4, 0.5) is 0 Å². The van der Waals surface area contributed by atoms with Crippen molar-refractivity contribution in [1.82, 2.24) is 10.3 Å². The molecule has 0 bridgehead atoms. The van der Waals surface area contributed by atoms with Gasteiger partial charge in [-0.25, -0.2) is 0 Å². The van der Waals surface area contributed by atoms with Gasteiger partial charge in [-0.1, -0.05) is 6.07 Å². The molecule has 4 nitrogen and oxygen atoms in total. The van der Waals surface area contributed by atoms with Crippen molar-refractivity contribution in [3.63, 3.8) is 0 Å². The van der Waals surface area contributed by atoms with Crippen molar-refractivity contribution in [2.24, 2.45) is 0 Å². The van der Waals surface area contributed by atoms with Gasteiger partial charge in [0.1, 0.15) is 0 Å². The average molecular weight is 194 g/mol. The van der Waals surface area contributed by atoms with Crippen LogP contribution in [0.15, 0.2) is 24.5 Å². The number of amides is 1. The fourth-order valence-corrected chi connectivity index (χ4v) is 1.03. The molecule has 76 valence electrons. The topological polar surface area (TPSA) is 62.2 Å². The first-order valence-electron chi connectivity index (χ1n) is 4.59. The van der Waals surface area contributed by atoms with E-state index in [1.165, 1.54) is 0 Å². The van der Waals surface area contributed by atoms with Crippen LogP contribution in [0.25, 0.3) is 0 Å². The number of hydrogen-bond acceptors (Lipinski definition) is 3. The van der Waals surface area contributed by atoms with E-state index in [-0.39, 0.29) is 12.5 Å². The number of nitrogens with zero attached hydrogens (tertiary/aromatic N) is 1. The molecule has 0 saturated carbocycles. The molecule has 0 atom stereocenters. The molecule has 0 unspecified atom stereocenters. The van der Waals surface area contributed by atoms with Gasteiger partial charge in [0.25, 0.3) is 0 Å². The number of pyridine rings is 1. The van der Waals surface area contributed by atoms with E-state index in [1.54, 1.807) is 12.4 Å². The van der Waals surface area contributed by atoms with E-state index < -0.39 is 0 Å². The fraction of sp³-hybridized carbons (Fsp3) is 0.400. The fourth-order valence-electron chi connectivity index (χ4n) is 1.03. The van der Waals surface area contributed by atoms with Gasteiger partial charge >= 0.3 is 0 Å². The van der Waals surface area contributed by atoms with Crippen LogP contribution < -0.4 is 5.32 Å². The van der Waals surface area contributed by atoms with Crippen molar-refractivity contribution in [2.75, 3.05) is 6.61 Å². The molecule has 14 heavy (non-hydrogen) atoms. The molecule has 0 saturated heterocycles. The van der Waals surface area contributed by atoms with Crippen molar-refractivity contribution in [3.8, 4) is 0 Å². The normalized spacial score (nSPS) is 9.79. The van der Waals surface area contributed by atoms with E-state index in [2.05, 4.69) is 10.3 Å². The third-order valence-corrected chi connectivity index (χ3v) is 1.77. The number of aliphatic hydroxyl groups is 1. The maximum absolute atomic E-state index is 11.1. The molecular weight excluding hydrogens is 180 g/mol. The first-order valence-corrected chi connectivity index (χ1v) is 4.59. The predicted molar refractivity (Wildman–Crippen MR) is 52.4 cm³/mol. The van der Waals surface area contributed by atoms with Gasteiger partial charge in [0, 0.05) is 32.0 Å². The lowest BCUT2D eigenvalue weighted by Gasteiger charge is -2.03. The van der Waals surface area contributed by atoms with Crippen molar-refractivity contribution in [3.05, 3.63) is 30.1 Å². The second-order valence-electron chi connectivity index (χ2n) is 2.97. The predicted octanol–water partition coefficient (Wildman–Crippen LogP) is 0.470. The lowest BCUT2D eigenvalue weighted by Crippen LogP contribution is -2.22. The zero-order valence-electron chi connectivity index (χ0n) is 7.94. The van der Waals surface area contributed by atoms with Crippen LogP contribution in [0.3, 0.4) is 0 Å². The van der Waals surface area contributed by atoms with E-state index in [0.717, 1.165) is 5.56 Å². The summed E-state index contributed by atoms with van der Waals surface area (Å²) in [5.41, 5.74) is 0.977. The Hall–Kier alpha value is -1.42. The summed E-state index contributed by atoms with van der Waals surface area (Å²) in [5, 5.41) is 11.3. The first-order chi connectivity index (χ1) is 6.83. The molecule has 0 spiro atoms. The minimum Gasteiger partial charge on any atom is -0.396 e. The molecule has 1 rings (SSSR count). The molecule has 1 aromatic heterocycles. The number of carbonyl (C=O) groups excluding carboxylic acids is 1. The van der Waals surface area contributed by atoms with E-state index >= 15 is 0 Å². The Bertz CT molecular complexity index is 275. The van der Waals surface area contributed by atoms with Crippen molar-refractivity contribution < 1.29 is 9.90 Å². The second kappa shape index (κ2) is 6.10. The van der Waals surface area contributed by atoms with E-state index in [9.17, 15) is 4.79 Å². The maximum Gasteiger partial charge on any atom is 0.220 e. The highest BCUT2D eigenvalue weighted by atomic mass is 16.3. The Morgan fingerprint density at radius 2 is 2.43 bits per heavy atom. The number of hydrogen-bond donors (Lipinski definition) is 2. The minimum absolute atomic E-state index is 0.0390. The molecule has 1 aromatic rings. The molecule has 0 aliphatic carbocycles. The Balaban J connectivity index is 2.24. The molecule has 0 aromatic carbocycles. The highest BCUT2D eigenvalue weighted by Gasteiger charge is 1.99. The summed E-state index contributed by atoms with van der Waals surface area (Å²) in [7, 11) is 0. The number of carbonyl (C=O) groups is 1. The molecule has 0 radical (unpaired) electrons. The average Bonchev–Trinajstić information content (AvgIpc) is 2.25. The number of aromatic nitrogens is 1. The van der Waals surface area contributed by atoms with Gasteiger partial charge in [-0.3, -0.25) is 9.78 Å². The van der Waals surface area contributed by atoms with Crippen LogP contribution in [0.1, 0.15) is 18.4 Å². The molecular formula is C10H14N2O2. The quantitative estimate of drug-likeness (QED) is 0.716. The minimum atomic E-state index is -0.0390. The summed E-state index contributed by atoms with van der Waals surface area (Å²) in [4.78, 5) is 15.1. The third kappa shape index (κ3) is 4.00. The largest absolute Gasteiger partial charge is 0.396 e. The van der Waals surface area contributed by atoms with Gasteiger partial charge in [-0.2, -0.15) is 0 Å². The lowest BCUT2D eigenvalue weighted by atomic mass is 10.2. The highest BCUT2D eigenvalue weighted by Crippen LogP contribution is 1.95. The van der Waals surface area contributed by atoms with Crippen LogP contribution in [0.5, 0.6) is 0 Å². The SMILES string of the molecule is O=C(CCCO)NCc1cccnc1. The Morgan fingerprint density at radius 3 is 3.07 bits per heavy atom. The van der Waals surface area contributed by atoms with E-state index in [1.807, 2.05) is 12.1 Å². The van der Waals surface area contributed by atoms with Gasteiger partial charge < -0.3 is 10.4 Å². The smallest absolute Gasteiger partial charge is 0.220 e. The zero-order chi connectivity index (χ0) is 10.2. The van der Waals surface area contributed by atoms with Crippen LogP contribution in [0, 0.1) is 0 Å². The van der Waals surface area contributed by atoms with Crippen molar-refractivity contribution >= 4 is 5.91 Å². The lowest BCUT2D eigenvalue weighted by molar-refractivity contribution is -0.121. The Kier molecular flexibility index (Phi) is 4.64. The Labute approximate surface area is 83.0 Å². The van der Waals surface area contributed by atoms with Crippen LogP contribution >= 0.6 is 0 Å². The summed E-state index contributed by atoms with van der Waals surface area (Å²) in [6.45, 7) is 0.554. The van der Waals surface area contributed by atoms with Gasteiger partial charge in [0.2, 0.25) is 5.91 Å². The molecule has 1 amide bonds. The van der Waals surface area contributed by atoms with Crippen LogP contribution in [-0.4, -0.2) is 22.6 Å². The maximum atomic E-state index is 11.1. The summed E-state index contributed by atoms with van der Waals surface area (Å²) in [6, 6.07) is 3.73. The first kappa shape index (κ1) is 10.7. The summed E-state index contributed by atoms with van der Waals surface area (Å²) in [5.74, 6) is -0.0390. The Morgan fingerprint density at radius 1 is 1.57 bits per heavy atom. The molecule has 0 aliphatic rings. The van der Waals surface area contributed by atoms with Crippen LogP contribution in [0.2, 0.25) is 0 Å². The highest BCUT2D eigenvalue weighted by molar-refractivity contribution is 5.75. The summed E-state index contributed by atoms with van der Waals surface area (Å²) >= 11 is 0. The summed E-state index contributed by atoms with van der Waals surface area (Å²) in [6.07, 6.45) is 4.29. The van der Waals surface area contributed by atoms with E-state index in [0.29, 0.717) is 19.4 Å². The van der Waals surface area contributed by atoms with Gasteiger partial charge in [0.05, 0.1) is 0 Å². The van der Waals surface area contributed by atoms with Gasteiger partial charge in [0.15, 0.2) is 0 Å².